The van der Waals surface area contributed by atoms with Crippen molar-refractivity contribution >= 4 is 11.9 Å². The maximum Gasteiger partial charge on any atom is 0.305 e. The zero-order chi connectivity index (χ0) is 19.9. The van der Waals surface area contributed by atoms with Crippen molar-refractivity contribution in [1.29, 1.82) is 0 Å². The van der Waals surface area contributed by atoms with Crippen LogP contribution in [-0.2, 0) is 16.1 Å². The molecule has 0 unspecified atom stereocenters. The Morgan fingerprint density at radius 1 is 1.04 bits per heavy atom. The van der Waals surface area contributed by atoms with E-state index in [2.05, 4.69) is 20.4 Å². The van der Waals surface area contributed by atoms with Gasteiger partial charge in [-0.2, -0.15) is 0 Å². The van der Waals surface area contributed by atoms with Crippen molar-refractivity contribution in [1.82, 2.24) is 10.6 Å². The number of aliphatic imine (C=N–C) groups is 1. The highest BCUT2D eigenvalue weighted by Gasteiger charge is 2.05. The van der Waals surface area contributed by atoms with Gasteiger partial charge >= 0.3 is 5.97 Å². The molecular weight excluding hydrogens is 346 g/mol. The minimum absolute atomic E-state index is 0.136. The molecule has 2 N–H and O–H groups in total. The molecule has 27 heavy (non-hydrogen) atoms. The molecule has 0 aliphatic heterocycles. The summed E-state index contributed by atoms with van der Waals surface area (Å²) in [6.45, 7) is 4.19. The Balaban J connectivity index is 2.43. The smallest absolute Gasteiger partial charge is 0.305 e. The van der Waals surface area contributed by atoms with Crippen molar-refractivity contribution in [3.8, 4) is 11.5 Å². The van der Waals surface area contributed by atoms with E-state index in [9.17, 15) is 4.79 Å². The highest BCUT2D eigenvalue weighted by molar-refractivity contribution is 5.79. The van der Waals surface area contributed by atoms with Crippen LogP contribution in [0.4, 0.5) is 0 Å². The Bertz CT molecular complexity index is 591. The van der Waals surface area contributed by atoms with Crippen LogP contribution < -0.4 is 20.1 Å². The molecular formula is C20H33N3O4. The van der Waals surface area contributed by atoms with Gasteiger partial charge in [0.05, 0.1) is 27.9 Å². The van der Waals surface area contributed by atoms with Gasteiger partial charge in [-0.25, -0.2) is 4.99 Å². The molecule has 7 heteroatoms. The Hall–Kier alpha value is -2.44. The first-order valence-corrected chi connectivity index (χ1v) is 9.44. The second kappa shape index (κ2) is 13.7. The lowest BCUT2D eigenvalue weighted by atomic mass is 10.1. The molecule has 0 heterocycles. The van der Waals surface area contributed by atoms with E-state index >= 15 is 0 Å². The zero-order valence-corrected chi connectivity index (χ0v) is 17.0. The van der Waals surface area contributed by atoms with E-state index in [1.54, 1.807) is 14.2 Å². The summed E-state index contributed by atoms with van der Waals surface area (Å²) in [6, 6.07) is 5.73. The average Bonchev–Trinajstić information content (AvgIpc) is 2.70. The first kappa shape index (κ1) is 22.6. The van der Waals surface area contributed by atoms with Crippen LogP contribution in [-0.4, -0.2) is 46.3 Å². The largest absolute Gasteiger partial charge is 0.497 e. The molecule has 152 valence electrons. The molecule has 1 aromatic carbocycles. The fourth-order valence-electron chi connectivity index (χ4n) is 2.55. The first-order chi connectivity index (χ1) is 13.1. The number of carbonyl (C=O) groups excluding carboxylic acids is 1. The number of hydrogen-bond donors (Lipinski definition) is 2. The summed E-state index contributed by atoms with van der Waals surface area (Å²) in [4.78, 5) is 15.7. The number of guanidine groups is 1. The summed E-state index contributed by atoms with van der Waals surface area (Å²) in [7, 11) is 4.70. The van der Waals surface area contributed by atoms with Crippen LogP contribution >= 0.6 is 0 Å². The van der Waals surface area contributed by atoms with Crippen molar-refractivity contribution in [2.75, 3.05) is 34.4 Å². The van der Waals surface area contributed by atoms with E-state index in [0.717, 1.165) is 61.8 Å². The van der Waals surface area contributed by atoms with E-state index in [-0.39, 0.29) is 5.97 Å². The SMILES string of the molecule is CCNC(=NCc1ccc(OC)cc1OC)NCCCCCCC(=O)OC. The number of ether oxygens (including phenoxy) is 3. The Kier molecular flexibility index (Phi) is 11.5. The lowest BCUT2D eigenvalue weighted by Crippen LogP contribution is -2.37. The molecule has 0 fully saturated rings. The highest BCUT2D eigenvalue weighted by Crippen LogP contribution is 2.25. The number of rotatable bonds is 12. The van der Waals surface area contributed by atoms with E-state index in [1.807, 2.05) is 25.1 Å². The number of nitrogens with zero attached hydrogens (tertiary/aromatic N) is 1. The Morgan fingerprint density at radius 2 is 1.81 bits per heavy atom. The standard InChI is InChI=1S/C20H33N3O4/c1-5-21-20(22-13-9-7-6-8-10-19(24)27-4)23-15-16-11-12-17(25-2)14-18(16)26-3/h11-12,14H,5-10,13,15H2,1-4H3,(H2,21,22,23). The molecule has 0 aliphatic carbocycles. The van der Waals surface area contributed by atoms with Crippen LogP contribution in [0.2, 0.25) is 0 Å². The van der Waals surface area contributed by atoms with Gasteiger partial charge in [-0.05, 0) is 31.9 Å². The summed E-state index contributed by atoms with van der Waals surface area (Å²) in [5.41, 5.74) is 0.998. The van der Waals surface area contributed by atoms with Gasteiger partial charge in [0.1, 0.15) is 11.5 Å². The van der Waals surface area contributed by atoms with Gasteiger partial charge < -0.3 is 24.8 Å². The summed E-state index contributed by atoms with van der Waals surface area (Å²) >= 11 is 0. The normalized spacial score (nSPS) is 11.0. The van der Waals surface area contributed by atoms with Crippen molar-refractivity contribution in [3.63, 3.8) is 0 Å². The minimum atomic E-state index is -0.136. The second-order valence-corrected chi connectivity index (χ2v) is 6.04. The van der Waals surface area contributed by atoms with Crippen LogP contribution in [0.15, 0.2) is 23.2 Å². The maximum atomic E-state index is 11.1. The fraction of sp³-hybridized carbons (Fsp3) is 0.600. The fourth-order valence-corrected chi connectivity index (χ4v) is 2.55. The Labute approximate surface area is 162 Å². The van der Waals surface area contributed by atoms with Gasteiger partial charge in [0.2, 0.25) is 0 Å². The lowest BCUT2D eigenvalue weighted by Gasteiger charge is -2.12. The average molecular weight is 380 g/mol. The number of hydrogen-bond acceptors (Lipinski definition) is 5. The molecule has 1 rings (SSSR count). The van der Waals surface area contributed by atoms with Gasteiger partial charge in [0.25, 0.3) is 0 Å². The third kappa shape index (κ3) is 9.17. The minimum Gasteiger partial charge on any atom is -0.497 e. The number of unbranched alkanes of at least 4 members (excludes halogenated alkanes) is 3. The van der Waals surface area contributed by atoms with Crippen molar-refractivity contribution in [3.05, 3.63) is 23.8 Å². The van der Waals surface area contributed by atoms with E-state index in [4.69, 9.17) is 9.47 Å². The zero-order valence-electron chi connectivity index (χ0n) is 17.0. The lowest BCUT2D eigenvalue weighted by molar-refractivity contribution is -0.140. The quantitative estimate of drug-likeness (QED) is 0.252. The molecule has 0 saturated carbocycles. The molecule has 0 atom stereocenters. The van der Waals surface area contributed by atoms with Gasteiger partial charge in [0, 0.05) is 31.1 Å². The van der Waals surface area contributed by atoms with Gasteiger partial charge in [-0.15, -0.1) is 0 Å². The first-order valence-electron chi connectivity index (χ1n) is 9.44. The molecule has 0 spiro atoms. The van der Waals surface area contributed by atoms with Crippen molar-refractivity contribution in [2.24, 2.45) is 4.99 Å². The maximum absolute atomic E-state index is 11.1. The molecule has 1 aromatic rings. The topological polar surface area (TPSA) is 81.2 Å². The van der Waals surface area contributed by atoms with Crippen LogP contribution in [0.1, 0.15) is 44.6 Å². The van der Waals surface area contributed by atoms with Gasteiger partial charge in [-0.1, -0.05) is 12.8 Å². The molecule has 7 nitrogen and oxygen atoms in total. The molecule has 0 saturated heterocycles. The van der Waals surface area contributed by atoms with Crippen LogP contribution in [0.3, 0.4) is 0 Å². The number of nitrogens with one attached hydrogen (secondary N) is 2. The summed E-state index contributed by atoms with van der Waals surface area (Å²) in [5.74, 6) is 2.17. The number of benzene rings is 1. The van der Waals surface area contributed by atoms with Crippen molar-refractivity contribution < 1.29 is 19.0 Å². The van der Waals surface area contributed by atoms with Crippen LogP contribution in [0.5, 0.6) is 11.5 Å². The Morgan fingerprint density at radius 3 is 2.48 bits per heavy atom. The highest BCUT2D eigenvalue weighted by atomic mass is 16.5. The number of esters is 1. The van der Waals surface area contributed by atoms with Crippen LogP contribution in [0, 0.1) is 0 Å². The van der Waals surface area contributed by atoms with Crippen LogP contribution in [0.25, 0.3) is 0 Å². The summed E-state index contributed by atoms with van der Waals surface area (Å²) in [6.07, 6.45) is 4.48. The van der Waals surface area contributed by atoms with Crippen molar-refractivity contribution in [2.45, 2.75) is 45.6 Å². The summed E-state index contributed by atoms with van der Waals surface area (Å²) < 4.78 is 15.3. The second-order valence-electron chi connectivity index (χ2n) is 6.04. The molecule has 0 aromatic heterocycles. The summed E-state index contributed by atoms with van der Waals surface area (Å²) in [5, 5.41) is 6.59. The van der Waals surface area contributed by atoms with Gasteiger partial charge in [-0.3, -0.25) is 4.79 Å². The van der Waals surface area contributed by atoms with E-state index in [0.29, 0.717) is 13.0 Å². The number of methoxy groups -OCH3 is 3. The monoisotopic (exact) mass is 379 g/mol. The molecule has 0 aliphatic rings. The third-order valence-electron chi connectivity index (χ3n) is 4.07. The number of carbonyl (C=O) groups is 1. The molecule has 0 amide bonds. The van der Waals surface area contributed by atoms with E-state index in [1.165, 1.54) is 7.11 Å². The predicted molar refractivity (Wildman–Crippen MR) is 107 cm³/mol. The molecule has 0 radical (unpaired) electrons. The van der Waals surface area contributed by atoms with E-state index < -0.39 is 0 Å². The molecule has 0 bridgehead atoms. The third-order valence-corrected chi connectivity index (χ3v) is 4.07. The van der Waals surface area contributed by atoms with Gasteiger partial charge in [0.15, 0.2) is 5.96 Å². The predicted octanol–water partition coefficient (Wildman–Crippen LogP) is 2.88.